The van der Waals surface area contributed by atoms with Gasteiger partial charge in [-0.05, 0) is 19.9 Å². The highest BCUT2D eigenvalue weighted by Gasteiger charge is 2.17. The van der Waals surface area contributed by atoms with Gasteiger partial charge in [0.05, 0.1) is 18.3 Å². The highest BCUT2D eigenvalue weighted by molar-refractivity contribution is 6.33. The molecule has 0 radical (unpaired) electrons. The van der Waals surface area contributed by atoms with E-state index in [0.29, 0.717) is 17.7 Å². The minimum Gasteiger partial charge on any atom is -0.304 e. The summed E-state index contributed by atoms with van der Waals surface area (Å²) in [4.78, 5) is 12.4. The van der Waals surface area contributed by atoms with Gasteiger partial charge >= 0.3 is 0 Å². The van der Waals surface area contributed by atoms with Gasteiger partial charge < -0.3 is 5.32 Å². The Kier molecular flexibility index (Phi) is 4.85. The Morgan fingerprint density at radius 2 is 2.12 bits per heavy atom. The summed E-state index contributed by atoms with van der Waals surface area (Å²) < 4.78 is 17.0. The van der Waals surface area contributed by atoms with Crippen LogP contribution in [0.4, 0.5) is 10.2 Å². The monoisotopic (exact) mass is 361 g/mol. The number of carbonyl (C=O) groups is 1. The SMILES string of the molecule is CCn1ncc(C(=O)Nc2nn(Cc3ccccc3F)cc2Cl)c1C. The Morgan fingerprint density at radius 3 is 2.80 bits per heavy atom. The van der Waals surface area contributed by atoms with Gasteiger partial charge in [-0.3, -0.25) is 14.2 Å². The maximum atomic E-state index is 13.7. The van der Waals surface area contributed by atoms with Crippen LogP contribution in [0.25, 0.3) is 0 Å². The molecule has 2 heterocycles. The molecule has 2 aromatic heterocycles. The van der Waals surface area contributed by atoms with E-state index < -0.39 is 0 Å². The maximum absolute atomic E-state index is 13.7. The van der Waals surface area contributed by atoms with Gasteiger partial charge in [-0.25, -0.2) is 4.39 Å². The molecule has 0 saturated heterocycles. The predicted octanol–water partition coefficient (Wildman–Crippen LogP) is 3.50. The zero-order valence-corrected chi connectivity index (χ0v) is 14.6. The first-order valence-electron chi connectivity index (χ1n) is 7.79. The van der Waals surface area contributed by atoms with E-state index in [-0.39, 0.29) is 29.1 Å². The van der Waals surface area contributed by atoms with E-state index in [1.165, 1.54) is 16.9 Å². The molecule has 0 saturated carbocycles. The van der Waals surface area contributed by atoms with Crippen molar-refractivity contribution < 1.29 is 9.18 Å². The number of hydrogen-bond donors (Lipinski definition) is 1. The summed E-state index contributed by atoms with van der Waals surface area (Å²) in [6.45, 7) is 4.67. The van der Waals surface area contributed by atoms with Crippen molar-refractivity contribution in [2.45, 2.75) is 26.9 Å². The Hall–Kier alpha value is -2.67. The molecule has 0 fully saturated rings. The Balaban J connectivity index is 1.77. The van der Waals surface area contributed by atoms with Crippen LogP contribution in [0.3, 0.4) is 0 Å². The van der Waals surface area contributed by atoms with Crippen molar-refractivity contribution in [1.29, 1.82) is 0 Å². The summed E-state index contributed by atoms with van der Waals surface area (Å²) in [6, 6.07) is 6.43. The Labute approximate surface area is 149 Å². The molecule has 1 aromatic carbocycles. The molecule has 0 bridgehead atoms. The lowest BCUT2D eigenvalue weighted by Crippen LogP contribution is -2.14. The van der Waals surface area contributed by atoms with Gasteiger partial charge in [0, 0.05) is 24.0 Å². The number of rotatable bonds is 5. The Morgan fingerprint density at radius 1 is 1.36 bits per heavy atom. The van der Waals surface area contributed by atoms with Crippen LogP contribution in [0.15, 0.2) is 36.7 Å². The molecule has 3 aromatic rings. The molecular weight excluding hydrogens is 345 g/mol. The zero-order chi connectivity index (χ0) is 18.0. The van der Waals surface area contributed by atoms with Crippen molar-refractivity contribution in [2.24, 2.45) is 0 Å². The highest BCUT2D eigenvalue weighted by Crippen LogP contribution is 2.21. The largest absolute Gasteiger partial charge is 0.304 e. The van der Waals surface area contributed by atoms with Crippen LogP contribution in [0.5, 0.6) is 0 Å². The van der Waals surface area contributed by atoms with Gasteiger partial charge in [-0.2, -0.15) is 10.2 Å². The second kappa shape index (κ2) is 7.06. The zero-order valence-electron chi connectivity index (χ0n) is 13.8. The molecule has 8 heteroatoms. The number of aromatic nitrogens is 4. The summed E-state index contributed by atoms with van der Waals surface area (Å²) >= 11 is 6.14. The fourth-order valence-electron chi connectivity index (χ4n) is 2.53. The van der Waals surface area contributed by atoms with Crippen molar-refractivity contribution in [1.82, 2.24) is 19.6 Å². The topological polar surface area (TPSA) is 64.7 Å². The van der Waals surface area contributed by atoms with Gasteiger partial charge in [-0.15, -0.1) is 0 Å². The lowest BCUT2D eigenvalue weighted by molar-refractivity contribution is 0.102. The number of halogens is 2. The molecule has 130 valence electrons. The molecule has 1 amide bonds. The van der Waals surface area contributed by atoms with E-state index in [1.54, 1.807) is 29.1 Å². The number of benzene rings is 1. The Bertz CT molecular complexity index is 918. The molecule has 0 atom stereocenters. The molecule has 0 spiro atoms. The minimum atomic E-state index is -0.338. The summed E-state index contributed by atoms with van der Waals surface area (Å²) in [6.07, 6.45) is 3.06. The molecule has 0 aliphatic rings. The quantitative estimate of drug-likeness (QED) is 0.756. The first-order valence-corrected chi connectivity index (χ1v) is 8.17. The minimum absolute atomic E-state index is 0.217. The third-order valence-electron chi connectivity index (χ3n) is 3.89. The number of amides is 1. The third kappa shape index (κ3) is 3.56. The molecule has 1 N–H and O–H groups in total. The molecule has 6 nitrogen and oxygen atoms in total. The molecule has 3 rings (SSSR count). The number of carbonyl (C=O) groups excluding carboxylic acids is 1. The fourth-order valence-corrected chi connectivity index (χ4v) is 2.72. The lowest BCUT2D eigenvalue weighted by atomic mass is 10.2. The summed E-state index contributed by atoms with van der Waals surface area (Å²) in [5, 5.41) is 11.3. The van der Waals surface area contributed by atoms with Crippen LogP contribution in [0.2, 0.25) is 5.02 Å². The van der Waals surface area contributed by atoms with Crippen LogP contribution >= 0.6 is 11.6 Å². The number of anilines is 1. The number of nitrogens with one attached hydrogen (secondary N) is 1. The number of aryl methyl sites for hydroxylation is 1. The predicted molar refractivity (Wildman–Crippen MR) is 93.3 cm³/mol. The molecule has 0 aliphatic carbocycles. The van der Waals surface area contributed by atoms with Crippen LogP contribution in [0, 0.1) is 12.7 Å². The normalized spacial score (nSPS) is 10.9. The van der Waals surface area contributed by atoms with Crippen molar-refractivity contribution >= 4 is 23.3 Å². The van der Waals surface area contributed by atoms with Gasteiger partial charge in [0.25, 0.3) is 5.91 Å². The van der Waals surface area contributed by atoms with Crippen molar-refractivity contribution in [3.8, 4) is 0 Å². The second-order valence-electron chi connectivity index (χ2n) is 5.53. The molecule has 0 unspecified atom stereocenters. The van der Waals surface area contributed by atoms with Crippen LogP contribution < -0.4 is 5.32 Å². The van der Waals surface area contributed by atoms with Crippen molar-refractivity contribution in [3.05, 3.63) is 64.3 Å². The van der Waals surface area contributed by atoms with Crippen LogP contribution in [-0.4, -0.2) is 25.5 Å². The van der Waals surface area contributed by atoms with Crippen LogP contribution in [-0.2, 0) is 13.1 Å². The summed E-state index contributed by atoms with van der Waals surface area (Å²) in [5.74, 6) is -0.427. The number of hydrogen-bond acceptors (Lipinski definition) is 3. The van der Waals surface area contributed by atoms with Gasteiger partial charge in [-0.1, -0.05) is 29.8 Å². The molecule has 0 aliphatic heterocycles. The first-order chi connectivity index (χ1) is 12.0. The van der Waals surface area contributed by atoms with E-state index >= 15 is 0 Å². The van der Waals surface area contributed by atoms with Crippen molar-refractivity contribution in [2.75, 3.05) is 5.32 Å². The van der Waals surface area contributed by atoms with Gasteiger partial charge in [0.2, 0.25) is 0 Å². The van der Waals surface area contributed by atoms with Crippen molar-refractivity contribution in [3.63, 3.8) is 0 Å². The maximum Gasteiger partial charge on any atom is 0.260 e. The average molecular weight is 362 g/mol. The lowest BCUT2D eigenvalue weighted by Gasteiger charge is -2.04. The highest BCUT2D eigenvalue weighted by atomic mass is 35.5. The van der Waals surface area contributed by atoms with Crippen LogP contribution in [0.1, 0.15) is 28.5 Å². The standard InChI is InChI=1S/C17H17ClFN5O/c1-3-24-11(2)13(8-20-24)17(25)21-16-14(18)10-23(22-16)9-12-6-4-5-7-15(12)19/h4-8,10H,3,9H2,1-2H3,(H,21,22,25). The molecule has 25 heavy (non-hydrogen) atoms. The van der Waals surface area contributed by atoms with E-state index in [1.807, 2.05) is 13.8 Å². The second-order valence-corrected chi connectivity index (χ2v) is 5.94. The van der Waals surface area contributed by atoms with E-state index in [0.717, 1.165) is 5.69 Å². The summed E-state index contributed by atoms with van der Waals surface area (Å²) in [5.41, 5.74) is 1.71. The van der Waals surface area contributed by atoms with Gasteiger partial charge in [0.1, 0.15) is 10.8 Å². The first kappa shape index (κ1) is 17.2. The smallest absolute Gasteiger partial charge is 0.260 e. The average Bonchev–Trinajstić information content (AvgIpc) is 3.12. The summed E-state index contributed by atoms with van der Waals surface area (Å²) in [7, 11) is 0. The van der Waals surface area contributed by atoms with E-state index in [9.17, 15) is 9.18 Å². The van der Waals surface area contributed by atoms with Gasteiger partial charge in [0.15, 0.2) is 5.82 Å². The fraction of sp³-hybridized carbons (Fsp3) is 0.235. The van der Waals surface area contributed by atoms with E-state index in [2.05, 4.69) is 15.5 Å². The van der Waals surface area contributed by atoms with E-state index in [4.69, 9.17) is 11.6 Å². The third-order valence-corrected chi connectivity index (χ3v) is 4.16. The number of nitrogens with zero attached hydrogens (tertiary/aromatic N) is 4. The molecular formula is C17H17ClFN5O.